The van der Waals surface area contributed by atoms with E-state index in [9.17, 15) is 19.3 Å². The van der Waals surface area contributed by atoms with Crippen molar-refractivity contribution >= 4 is 28.8 Å². The van der Waals surface area contributed by atoms with E-state index in [2.05, 4.69) is 0 Å². The van der Waals surface area contributed by atoms with Gasteiger partial charge in [-0.1, -0.05) is 11.6 Å². The molecule has 2 aromatic rings. The van der Waals surface area contributed by atoms with Gasteiger partial charge < -0.3 is 9.64 Å². The van der Waals surface area contributed by atoms with Gasteiger partial charge in [-0.2, -0.15) is 0 Å². The Morgan fingerprint density at radius 1 is 1.26 bits per heavy atom. The Balaban J connectivity index is 1.76. The van der Waals surface area contributed by atoms with Crippen molar-refractivity contribution in [2.75, 3.05) is 25.1 Å². The lowest BCUT2D eigenvalue weighted by atomic mass is 9.88. The number of nitrogens with zero attached hydrogens (tertiary/aromatic N) is 2. The molecule has 1 aliphatic rings. The van der Waals surface area contributed by atoms with Crippen molar-refractivity contribution in [3.63, 3.8) is 0 Å². The van der Waals surface area contributed by atoms with E-state index in [1.54, 1.807) is 29.2 Å². The van der Waals surface area contributed by atoms with Gasteiger partial charge in [0, 0.05) is 35.7 Å². The summed E-state index contributed by atoms with van der Waals surface area (Å²) in [6.07, 6.45) is 1.11. The number of hydrogen-bond donors (Lipinski definition) is 0. The predicted molar refractivity (Wildman–Crippen MR) is 100 cm³/mol. The van der Waals surface area contributed by atoms with Crippen LogP contribution in [0.25, 0.3) is 0 Å². The molecule has 8 heteroatoms. The summed E-state index contributed by atoms with van der Waals surface area (Å²) in [4.78, 5) is 25.1. The van der Waals surface area contributed by atoms with Gasteiger partial charge in [-0.05, 0) is 37.1 Å². The van der Waals surface area contributed by atoms with Gasteiger partial charge in [0.25, 0.3) is 5.69 Å². The number of ketones is 1. The van der Waals surface area contributed by atoms with E-state index in [4.69, 9.17) is 16.3 Å². The maximum atomic E-state index is 13.8. The number of anilines is 1. The maximum Gasteiger partial charge on any atom is 0.295 e. The fourth-order valence-corrected chi connectivity index (χ4v) is 3.45. The van der Waals surface area contributed by atoms with E-state index in [0.29, 0.717) is 42.2 Å². The number of carbonyl (C=O) groups is 1. The van der Waals surface area contributed by atoms with Crippen molar-refractivity contribution in [3.8, 4) is 5.75 Å². The molecule has 0 N–H and O–H groups in total. The van der Waals surface area contributed by atoms with E-state index < -0.39 is 10.7 Å². The van der Waals surface area contributed by atoms with Crippen molar-refractivity contribution in [1.82, 2.24) is 0 Å². The Morgan fingerprint density at radius 3 is 2.44 bits per heavy atom. The number of Topliss-reactive ketones (excluding diaryl/α,β-unsaturated/α-hetero) is 1. The highest BCUT2D eigenvalue weighted by Gasteiger charge is 2.30. The van der Waals surface area contributed by atoms with E-state index in [-0.39, 0.29) is 23.1 Å². The first-order valence-corrected chi connectivity index (χ1v) is 8.85. The van der Waals surface area contributed by atoms with Crippen LogP contribution in [-0.2, 0) is 0 Å². The third-order valence-electron chi connectivity index (χ3n) is 4.78. The van der Waals surface area contributed by atoms with Crippen LogP contribution in [0, 0.1) is 21.8 Å². The van der Waals surface area contributed by atoms with E-state index >= 15 is 0 Å². The molecule has 1 fully saturated rings. The quantitative estimate of drug-likeness (QED) is 0.425. The average Bonchev–Trinajstić information content (AvgIpc) is 2.68. The summed E-state index contributed by atoms with van der Waals surface area (Å²) >= 11 is 5.86. The van der Waals surface area contributed by atoms with Crippen LogP contribution in [0.2, 0.25) is 5.02 Å². The number of nitro benzene ring substituents is 1. The Bertz CT molecular complexity index is 865. The molecule has 0 unspecified atom stereocenters. The molecular weight excluding hydrogens is 375 g/mol. The number of methoxy groups -OCH3 is 1. The normalized spacial score (nSPS) is 14.9. The second kappa shape index (κ2) is 7.92. The van der Waals surface area contributed by atoms with Crippen LogP contribution in [0.15, 0.2) is 36.4 Å². The lowest BCUT2D eigenvalue weighted by Crippen LogP contribution is -2.36. The summed E-state index contributed by atoms with van der Waals surface area (Å²) in [6.45, 7) is 0.916. The summed E-state index contributed by atoms with van der Waals surface area (Å²) in [5.74, 6) is -0.947. The molecule has 1 saturated heterocycles. The van der Waals surface area contributed by atoms with Crippen molar-refractivity contribution in [1.29, 1.82) is 0 Å². The van der Waals surface area contributed by atoms with Crippen LogP contribution < -0.4 is 9.64 Å². The van der Waals surface area contributed by atoms with Gasteiger partial charge in [-0.3, -0.25) is 14.9 Å². The number of benzene rings is 2. The summed E-state index contributed by atoms with van der Waals surface area (Å²) in [5.41, 5.74) is 0.596. The van der Waals surface area contributed by atoms with Gasteiger partial charge in [0.05, 0.1) is 18.1 Å². The monoisotopic (exact) mass is 392 g/mol. The fraction of sp³-hybridized carbons (Fsp3) is 0.316. The molecule has 0 aliphatic carbocycles. The lowest BCUT2D eigenvalue weighted by Gasteiger charge is -2.32. The molecule has 27 heavy (non-hydrogen) atoms. The molecule has 0 atom stereocenters. The lowest BCUT2D eigenvalue weighted by molar-refractivity contribution is -0.384. The molecule has 1 aliphatic heterocycles. The Hall–Kier alpha value is -2.67. The summed E-state index contributed by atoms with van der Waals surface area (Å²) in [7, 11) is 1.31. The number of nitro groups is 1. The average molecular weight is 393 g/mol. The van der Waals surface area contributed by atoms with Crippen LogP contribution in [0.1, 0.15) is 23.2 Å². The smallest absolute Gasteiger partial charge is 0.295 e. The molecule has 3 rings (SSSR count). The zero-order chi connectivity index (χ0) is 19.6. The summed E-state index contributed by atoms with van der Waals surface area (Å²) < 4.78 is 18.8. The minimum Gasteiger partial charge on any atom is -0.494 e. The highest BCUT2D eigenvalue weighted by molar-refractivity contribution is 6.30. The molecule has 0 aromatic heterocycles. The van der Waals surface area contributed by atoms with Gasteiger partial charge >= 0.3 is 0 Å². The molecule has 0 amide bonds. The van der Waals surface area contributed by atoms with Gasteiger partial charge in [0.15, 0.2) is 17.3 Å². The Kier molecular flexibility index (Phi) is 5.60. The Labute approximate surface area is 160 Å². The third kappa shape index (κ3) is 4.03. The van der Waals surface area contributed by atoms with Crippen molar-refractivity contribution in [2.45, 2.75) is 12.8 Å². The van der Waals surface area contributed by atoms with E-state index in [1.165, 1.54) is 13.2 Å². The zero-order valence-corrected chi connectivity index (χ0v) is 15.4. The first kappa shape index (κ1) is 19.1. The van der Waals surface area contributed by atoms with Gasteiger partial charge in [-0.15, -0.1) is 0 Å². The van der Waals surface area contributed by atoms with Crippen LogP contribution in [0.5, 0.6) is 5.75 Å². The topological polar surface area (TPSA) is 72.7 Å². The standard InChI is InChI=1S/C19H18ClFN2O4/c1-27-18-11-16(17(23(25)26)10-15(18)21)22-8-6-13(7-9-22)19(24)12-2-4-14(20)5-3-12/h2-5,10-11,13H,6-9H2,1H3. The predicted octanol–water partition coefficient (Wildman–Crippen LogP) is 4.50. The van der Waals surface area contributed by atoms with Crippen LogP contribution in [-0.4, -0.2) is 30.9 Å². The molecule has 1 heterocycles. The number of piperidine rings is 1. The summed E-state index contributed by atoms with van der Waals surface area (Å²) in [6, 6.07) is 8.98. The highest BCUT2D eigenvalue weighted by atomic mass is 35.5. The van der Waals surface area contributed by atoms with E-state index in [0.717, 1.165) is 6.07 Å². The van der Waals surface area contributed by atoms with Crippen molar-refractivity contribution in [2.24, 2.45) is 5.92 Å². The molecule has 0 radical (unpaired) electrons. The molecule has 6 nitrogen and oxygen atoms in total. The number of ether oxygens (including phenoxy) is 1. The van der Waals surface area contributed by atoms with Gasteiger partial charge in [-0.25, -0.2) is 4.39 Å². The SMILES string of the molecule is COc1cc(N2CCC(C(=O)c3ccc(Cl)cc3)CC2)c([N+](=O)[O-])cc1F. The van der Waals surface area contributed by atoms with Gasteiger partial charge in [0.1, 0.15) is 5.69 Å². The molecule has 142 valence electrons. The molecule has 0 bridgehead atoms. The number of hydrogen-bond acceptors (Lipinski definition) is 5. The van der Waals surface area contributed by atoms with Crippen LogP contribution in [0.4, 0.5) is 15.8 Å². The molecule has 2 aromatic carbocycles. The second-order valence-corrected chi connectivity index (χ2v) is 6.80. The third-order valence-corrected chi connectivity index (χ3v) is 5.03. The Morgan fingerprint density at radius 2 is 1.89 bits per heavy atom. The molecule has 0 spiro atoms. The van der Waals surface area contributed by atoms with Crippen LogP contribution in [0.3, 0.4) is 0 Å². The number of carbonyl (C=O) groups excluding carboxylic acids is 1. The molecular formula is C19H18ClFN2O4. The van der Waals surface area contributed by atoms with Crippen LogP contribution >= 0.6 is 11.6 Å². The fourth-order valence-electron chi connectivity index (χ4n) is 3.32. The maximum absolute atomic E-state index is 13.8. The zero-order valence-electron chi connectivity index (χ0n) is 14.7. The summed E-state index contributed by atoms with van der Waals surface area (Å²) in [5, 5.41) is 11.9. The highest BCUT2D eigenvalue weighted by Crippen LogP contribution is 2.36. The van der Waals surface area contributed by atoms with E-state index in [1.807, 2.05) is 0 Å². The van der Waals surface area contributed by atoms with Crippen molar-refractivity contribution < 1.29 is 18.8 Å². The number of halogens is 2. The second-order valence-electron chi connectivity index (χ2n) is 6.37. The first-order valence-electron chi connectivity index (χ1n) is 8.47. The number of rotatable bonds is 5. The largest absolute Gasteiger partial charge is 0.494 e. The minimum atomic E-state index is -0.777. The molecule has 0 saturated carbocycles. The van der Waals surface area contributed by atoms with Gasteiger partial charge in [0.2, 0.25) is 0 Å². The van der Waals surface area contributed by atoms with Crippen molar-refractivity contribution in [3.05, 3.63) is 62.9 Å². The first-order chi connectivity index (χ1) is 12.9. The minimum absolute atomic E-state index is 0.0394.